The molecule has 3 aromatic carbocycles. The highest BCUT2D eigenvalue weighted by Crippen LogP contribution is 2.40. The van der Waals surface area contributed by atoms with Crippen molar-refractivity contribution in [1.29, 1.82) is 0 Å². The van der Waals surface area contributed by atoms with E-state index in [9.17, 15) is 17.2 Å². The lowest BCUT2D eigenvalue weighted by molar-refractivity contribution is 0.146. The summed E-state index contributed by atoms with van der Waals surface area (Å²) >= 11 is 0. The zero-order valence-electron chi connectivity index (χ0n) is 17.6. The SMILES string of the molecule is CN.CS(=O)(=O)c1ccc(-c2c(-c3ccccc3)c(C(F)F)nn2-c2ccccc2)cc1. The Morgan fingerprint density at radius 2 is 1.34 bits per heavy atom. The molecule has 1 aromatic heterocycles. The van der Waals surface area contributed by atoms with Gasteiger partial charge in [-0.2, -0.15) is 5.10 Å². The summed E-state index contributed by atoms with van der Waals surface area (Å²) in [5.74, 6) is 0. The van der Waals surface area contributed by atoms with Crippen LogP contribution >= 0.6 is 0 Å². The third kappa shape index (κ3) is 4.76. The Balaban J connectivity index is 0.00000141. The number of para-hydroxylation sites is 1. The number of nitrogens with two attached hydrogens (primary N) is 1. The van der Waals surface area contributed by atoms with Crippen LogP contribution in [-0.4, -0.2) is 31.5 Å². The van der Waals surface area contributed by atoms with Crippen molar-refractivity contribution in [3.05, 3.63) is 90.6 Å². The van der Waals surface area contributed by atoms with Gasteiger partial charge in [0.1, 0.15) is 5.69 Å². The summed E-state index contributed by atoms with van der Waals surface area (Å²) in [6.07, 6.45) is -1.65. The van der Waals surface area contributed by atoms with Gasteiger partial charge in [0.25, 0.3) is 6.43 Å². The number of hydrogen-bond donors (Lipinski definition) is 1. The van der Waals surface area contributed by atoms with Crippen molar-refractivity contribution in [1.82, 2.24) is 9.78 Å². The average molecular weight is 456 g/mol. The van der Waals surface area contributed by atoms with E-state index in [0.29, 0.717) is 28.1 Å². The molecule has 0 radical (unpaired) electrons. The maximum absolute atomic E-state index is 14.0. The van der Waals surface area contributed by atoms with Crippen molar-refractivity contribution in [2.24, 2.45) is 5.73 Å². The lowest BCUT2D eigenvalue weighted by atomic mass is 9.98. The second kappa shape index (κ2) is 9.84. The number of aromatic nitrogens is 2. The van der Waals surface area contributed by atoms with E-state index in [1.54, 1.807) is 60.7 Å². The molecule has 4 rings (SSSR count). The lowest BCUT2D eigenvalue weighted by Crippen LogP contribution is -2.01. The summed E-state index contributed by atoms with van der Waals surface area (Å²) in [7, 11) is -1.88. The smallest absolute Gasteiger partial charge is 0.282 e. The monoisotopic (exact) mass is 455 g/mol. The van der Waals surface area contributed by atoms with Gasteiger partial charge in [0, 0.05) is 17.4 Å². The van der Waals surface area contributed by atoms with Gasteiger partial charge in [-0.3, -0.25) is 0 Å². The minimum atomic E-state index is -3.38. The van der Waals surface area contributed by atoms with Crippen molar-refractivity contribution >= 4 is 9.84 Å². The second-order valence-electron chi connectivity index (χ2n) is 6.82. The van der Waals surface area contributed by atoms with Crippen LogP contribution < -0.4 is 5.73 Å². The summed E-state index contributed by atoms with van der Waals surface area (Å²) in [5, 5.41) is 4.25. The van der Waals surface area contributed by atoms with Crippen molar-refractivity contribution in [2.75, 3.05) is 13.3 Å². The summed E-state index contributed by atoms with van der Waals surface area (Å²) in [6, 6.07) is 24.1. The zero-order chi connectivity index (χ0) is 23.3. The van der Waals surface area contributed by atoms with E-state index < -0.39 is 16.3 Å². The van der Waals surface area contributed by atoms with Gasteiger partial charge in [-0.05, 0) is 36.9 Å². The minimum absolute atomic E-state index is 0.160. The standard InChI is InChI=1S/C23H18F2N2O2S.CH5N/c1-30(28,29)19-14-12-17(13-15-19)22-20(16-8-4-2-5-9-16)21(23(24)25)26-27(22)18-10-6-3-7-11-18;1-2/h2-15,23H,1H3;2H2,1H3. The van der Waals surface area contributed by atoms with Gasteiger partial charge in [-0.1, -0.05) is 60.7 Å². The average Bonchev–Trinajstić information content (AvgIpc) is 3.22. The molecular weight excluding hydrogens is 432 g/mol. The summed E-state index contributed by atoms with van der Waals surface area (Å²) in [5.41, 5.74) is 6.79. The van der Waals surface area contributed by atoms with Crippen LogP contribution in [0.4, 0.5) is 8.78 Å². The number of sulfone groups is 1. The van der Waals surface area contributed by atoms with Gasteiger partial charge in [0.05, 0.1) is 16.3 Å². The Morgan fingerprint density at radius 3 is 1.84 bits per heavy atom. The number of halogens is 2. The molecule has 0 amide bonds. The molecule has 0 aliphatic carbocycles. The fraction of sp³-hybridized carbons (Fsp3) is 0.125. The van der Waals surface area contributed by atoms with Crippen LogP contribution in [0.1, 0.15) is 12.1 Å². The van der Waals surface area contributed by atoms with Crippen molar-refractivity contribution in [3.63, 3.8) is 0 Å². The lowest BCUT2D eigenvalue weighted by Gasteiger charge is -2.11. The van der Waals surface area contributed by atoms with E-state index in [-0.39, 0.29) is 10.6 Å². The fourth-order valence-corrected chi connectivity index (χ4v) is 3.99. The second-order valence-corrected chi connectivity index (χ2v) is 8.84. The minimum Gasteiger partial charge on any atom is -0.333 e. The molecule has 0 bridgehead atoms. The van der Waals surface area contributed by atoms with Gasteiger partial charge < -0.3 is 5.73 Å². The first kappa shape index (κ1) is 23.3. The first-order chi connectivity index (χ1) is 15.4. The van der Waals surface area contributed by atoms with E-state index in [1.807, 2.05) is 12.1 Å². The normalized spacial score (nSPS) is 11.2. The first-order valence-electron chi connectivity index (χ1n) is 9.76. The largest absolute Gasteiger partial charge is 0.333 e. The highest BCUT2D eigenvalue weighted by atomic mass is 32.2. The van der Waals surface area contributed by atoms with Crippen LogP contribution in [0.2, 0.25) is 0 Å². The quantitative estimate of drug-likeness (QED) is 0.453. The highest BCUT2D eigenvalue weighted by molar-refractivity contribution is 7.90. The molecule has 32 heavy (non-hydrogen) atoms. The fourth-order valence-electron chi connectivity index (χ4n) is 3.36. The van der Waals surface area contributed by atoms with Crippen LogP contribution in [0, 0.1) is 0 Å². The number of benzene rings is 3. The number of rotatable bonds is 5. The molecule has 4 aromatic rings. The molecule has 8 heteroatoms. The third-order valence-electron chi connectivity index (χ3n) is 4.74. The van der Waals surface area contributed by atoms with Crippen LogP contribution in [0.3, 0.4) is 0 Å². The van der Waals surface area contributed by atoms with Crippen LogP contribution in [0.25, 0.3) is 28.1 Å². The van der Waals surface area contributed by atoms with Gasteiger partial charge in [-0.25, -0.2) is 21.9 Å². The Bertz CT molecular complexity index is 1270. The van der Waals surface area contributed by atoms with E-state index in [2.05, 4.69) is 10.8 Å². The van der Waals surface area contributed by atoms with Crippen LogP contribution in [0.5, 0.6) is 0 Å². The maximum Gasteiger partial charge on any atom is 0.282 e. The summed E-state index contributed by atoms with van der Waals surface area (Å²) in [6.45, 7) is 0. The van der Waals surface area contributed by atoms with E-state index in [1.165, 1.54) is 23.9 Å². The van der Waals surface area contributed by atoms with Gasteiger partial charge in [0.15, 0.2) is 9.84 Å². The van der Waals surface area contributed by atoms with E-state index >= 15 is 0 Å². The van der Waals surface area contributed by atoms with Crippen molar-refractivity contribution < 1.29 is 17.2 Å². The van der Waals surface area contributed by atoms with E-state index in [4.69, 9.17) is 0 Å². The molecule has 2 N–H and O–H groups in total. The maximum atomic E-state index is 14.0. The Hall–Kier alpha value is -3.36. The van der Waals surface area contributed by atoms with E-state index in [0.717, 1.165) is 6.26 Å². The molecule has 0 saturated carbocycles. The highest BCUT2D eigenvalue weighted by Gasteiger charge is 2.27. The Morgan fingerprint density at radius 1 is 0.812 bits per heavy atom. The molecule has 0 fully saturated rings. The van der Waals surface area contributed by atoms with Crippen molar-refractivity contribution in [3.8, 4) is 28.1 Å². The summed E-state index contributed by atoms with van der Waals surface area (Å²) < 4.78 is 53.2. The molecular formula is C24H23F2N3O2S. The molecule has 166 valence electrons. The van der Waals surface area contributed by atoms with Crippen molar-refractivity contribution in [2.45, 2.75) is 11.3 Å². The van der Waals surface area contributed by atoms with Gasteiger partial charge >= 0.3 is 0 Å². The molecule has 0 atom stereocenters. The Labute approximate surface area is 186 Å². The number of hydrogen-bond acceptors (Lipinski definition) is 4. The molecule has 0 unspecified atom stereocenters. The number of nitrogens with zero attached hydrogens (tertiary/aromatic N) is 2. The predicted molar refractivity (Wildman–Crippen MR) is 123 cm³/mol. The number of alkyl halides is 2. The molecule has 0 aliphatic heterocycles. The van der Waals surface area contributed by atoms with Crippen LogP contribution in [-0.2, 0) is 9.84 Å². The van der Waals surface area contributed by atoms with Gasteiger partial charge in [0.2, 0.25) is 0 Å². The molecule has 0 saturated heterocycles. The first-order valence-corrected chi connectivity index (χ1v) is 11.7. The van der Waals surface area contributed by atoms with Gasteiger partial charge in [-0.15, -0.1) is 0 Å². The molecule has 1 heterocycles. The Kier molecular flexibility index (Phi) is 7.17. The topological polar surface area (TPSA) is 78.0 Å². The third-order valence-corrected chi connectivity index (χ3v) is 5.87. The molecule has 0 spiro atoms. The molecule has 0 aliphatic rings. The summed E-state index contributed by atoms with van der Waals surface area (Å²) in [4.78, 5) is 0.160. The molecule has 5 nitrogen and oxygen atoms in total. The predicted octanol–water partition coefficient (Wildman–Crippen LogP) is 5.12. The zero-order valence-corrected chi connectivity index (χ0v) is 18.4. The van der Waals surface area contributed by atoms with Crippen LogP contribution in [0.15, 0.2) is 89.8 Å².